The van der Waals surface area contributed by atoms with Crippen molar-refractivity contribution in [1.29, 1.82) is 0 Å². The van der Waals surface area contributed by atoms with Gasteiger partial charge in [0, 0.05) is 17.3 Å². The lowest BCUT2D eigenvalue weighted by Gasteiger charge is -2.70. The second-order valence-electron chi connectivity index (χ2n) is 13.7. The third kappa shape index (κ3) is 2.57. The molecule has 8 atom stereocenters. The van der Waals surface area contributed by atoms with Crippen LogP contribution in [0.3, 0.4) is 0 Å². The molecule has 2 heteroatoms. The summed E-state index contributed by atoms with van der Waals surface area (Å²) >= 11 is 0. The molecule has 3 unspecified atom stereocenters. The van der Waals surface area contributed by atoms with Crippen LogP contribution in [0.25, 0.3) is 0 Å². The molecule has 0 N–H and O–H groups in total. The zero-order valence-corrected chi connectivity index (χ0v) is 20.9. The third-order valence-corrected chi connectivity index (χ3v) is 12.4. The summed E-state index contributed by atoms with van der Waals surface area (Å²) in [4.78, 5) is 25.3. The van der Waals surface area contributed by atoms with E-state index in [-0.39, 0.29) is 27.1 Å². The minimum atomic E-state index is -0.183. The number of hydrogen-bond donors (Lipinski definition) is 0. The smallest absolute Gasteiger partial charge is 0.138 e. The van der Waals surface area contributed by atoms with Gasteiger partial charge in [-0.1, -0.05) is 53.2 Å². The Morgan fingerprint density at radius 2 is 1.68 bits per heavy atom. The summed E-state index contributed by atoms with van der Waals surface area (Å²) in [6, 6.07) is 0. The van der Waals surface area contributed by atoms with Gasteiger partial charge in [-0.2, -0.15) is 0 Å². The van der Waals surface area contributed by atoms with Gasteiger partial charge in [0.25, 0.3) is 0 Å². The first-order valence-corrected chi connectivity index (χ1v) is 13.1. The molecule has 0 radical (unpaired) electrons. The Morgan fingerprint density at radius 1 is 0.935 bits per heavy atom. The Bertz CT molecular complexity index is 838. The first-order chi connectivity index (χ1) is 14.4. The maximum absolute atomic E-state index is 12.9. The Balaban J connectivity index is 1.59. The SMILES string of the molecule is C[C@H]1CCC2(C=O)CC[C@@]3(C)C(=CCC4[C@@]5(C)CCC(=O)C(C)(C)C5CC[C@]43C)[C@@H]2C1. The fourth-order valence-electron chi connectivity index (χ4n) is 10.2. The van der Waals surface area contributed by atoms with E-state index in [2.05, 4.69) is 47.6 Å². The largest absolute Gasteiger partial charge is 0.303 e. The zero-order valence-electron chi connectivity index (χ0n) is 20.9. The highest BCUT2D eigenvalue weighted by molar-refractivity contribution is 5.85. The van der Waals surface area contributed by atoms with Gasteiger partial charge < -0.3 is 4.79 Å². The van der Waals surface area contributed by atoms with Crippen molar-refractivity contribution in [2.45, 2.75) is 106 Å². The Hall–Kier alpha value is -0.920. The van der Waals surface area contributed by atoms with E-state index in [4.69, 9.17) is 0 Å². The van der Waals surface area contributed by atoms with Crippen LogP contribution in [0.15, 0.2) is 11.6 Å². The number of fused-ring (bicyclic) bond motifs is 7. The summed E-state index contributed by atoms with van der Waals surface area (Å²) in [5, 5.41) is 0. The maximum Gasteiger partial charge on any atom is 0.138 e. The van der Waals surface area contributed by atoms with E-state index >= 15 is 0 Å². The van der Waals surface area contributed by atoms with Crippen molar-refractivity contribution in [3.8, 4) is 0 Å². The standard InChI is InChI=1S/C29H44O2/c1-19-9-14-29(18-30)16-15-27(5)20(21(29)17-19)7-8-23-26(4)12-11-24(31)25(2,3)22(26)10-13-28(23,27)6/h7,18-19,21-23H,8-17H2,1-6H3/t19-,21-,22?,23?,26-,27-,28+,29?/m0/s1. The first kappa shape index (κ1) is 21.9. The van der Waals surface area contributed by atoms with Gasteiger partial charge in [-0.3, -0.25) is 4.79 Å². The summed E-state index contributed by atoms with van der Waals surface area (Å²) < 4.78 is 0. The van der Waals surface area contributed by atoms with Gasteiger partial charge >= 0.3 is 0 Å². The normalized spacial score (nSPS) is 53.4. The Kier molecular flexibility index (Phi) is 4.64. The van der Waals surface area contributed by atoms with Crippen molar-refractivity contribution in [2.75, 3.05) is 0 Å². The summed E-state index contributed by atoms with van der Waals surface area (Å²) in [5.41, 5.74) is 2.09. The molecule has 5 aliphatic rings. The van der Waals surface area contributed by atoms with Crippen LogP contribution in [0, 0.1) is 50.7 Å². The van der Waals surface area contributed by atoms with Crippen molar-refractivity contribution in [1.82, 2.24) is 0 Å². The van der Waals surface area contributed by atoms with Crippen molar-refractivity contribution in [3.05, 3.63) is 11.6 Å². The highest BCUT2D eigenvalue weighted by Gasteiger charge is 2.68. The van der Waals surface area contributed by atoms with Crippen LogP contribution in [0.1, 0.15) is 106 Å². The van der Waals surface area contributed by atoms with E-state index in [0.717, 1.165) is 38.0 Å². The van der Waals surface area contributed by atoms with Crippen LogP contribution in [-0.2, 0) is 9.59 Å². The van der Waals surface area contributed by atoms with Gasteiger partial charge in [-0.05, 0) is 97.7 Å². The molecule has 0 bridgehead atoms. The van der Waals surface area contributed by atoms with Crippen LogP contribution >= 0.6 is 0 Å². The molecule has 0 aromatic carbocycles. The van der Waals surface area contributed by atoms with Crippen LogP contribution in [0.2, 0.25) is 0 Å². The van der Waals surface area contributed by atoms with Gasteiger partial charge in [0.15, 0.2) is 0 Å². The third-order valence-electron chi connectivity index (χ3n) is 12.4. The Labute approximate surface area is 190 Å². The zero-order chi connectivity index (χ0) is 22.4. The molecule has 5 rings (SSSR count). The highest BCUT2D eigenvalue weighted by atomic mass is 16.1. The van der Waals surface area contributed by atoms with Crippen LogP contribution in [0.5, 0.6) is 0 Å². The maximum atomic E-state index is 12.9. The predicted octanol–water partition coefficient (Wildman–Crippen LogP) is 7.17. The number of carbonyl (C=O) groups excluding carboxylic acids is 2. The molecule has 2 nitrogen and oxygen atoms in total. The summed E-state index contributed by atoms with van der Waals surface area (Å²) in [6.07, 6.45) is 15.1. The Morgan fingerprint density at radius 3 is 2.39 bits per heavy atom. The van der Waals surface area contributed by atoms with E-state index in [1.165, 1.54) is 38.4 Å². The molecule has 0 amide bonds. The van der Waals surface area contributed by atoms with E-state index < -0.39 is 0 Å². The van der Waals surface area contributed by atoms with E-state index in [9.17, 15) is 9.59 Å². The van der Waals surface area contributed by atoms with Crippen LogP contribution in [-0.4, -0.2) is 12.1 Å². The molecule has 0 heterocycles. The molecule has 31 heavy (non-hydrogen) atoms. The molecule has 0 spiro atoms. The fraction of sp³-hybridized carbons (Fsp3) is 0.862. The number of carbonyl (C=O) groups is 2. The second kappa shape index (κ2) is 6.57. The molecule has 172 valence electrons. The molecule has 0 aromatic heterocycles. The minimum Gasteiger partial charge on any atom is -0.303 e. The topological polar surface area (TPSA) is 34.1 Å². The summed E-state index contributed by atoms with van der Waals surface area (Å²) in [7, 11) is 0. The number of ketones is 1. The van der Waals surface area contributed by atoms with Gasteiger partial charge in [0.2, 0.25) is 0 Å². The van der Waals surface area contributed by atoms with E-state index in [0.29, 0.717) is 23.5 Å². The number of aldehydes is 1. The molecule has 4 saturated carbocycles. The highest BCUT2D eigenvalue weighted by Crippen LogP contribution is 2.74. The van der Waals surface area contributed by atoms with E-state index in [1.807, 2.05) is 0 Å². The molecule has 0 aliphatic heterocycles. The number of Topliss-reactive ketones (excluding diaryl/α,β-unsaturated/α-hetero) is 1. The van der Waals surface area contributed by atoms with Crippen LogP contribution < -0.4 is 0 Å². The number of allylic oxidation sites excluding steroid dienone is 2. The van der Waals surface area contributed by atoms with Gasteiger partial charge in [-0.25, -0.2) is 0 Å². The minimum absolute atomic E-state index is 0.0958. The average molecular weight is 425 g/mol. The molecule has 0 aromatic rings. The lowest BCUT2D eigenvalue weighted by Crippen LogP contribution is -2.64. The van der Waals surface area contributed by atoms with Gasteiger partial charge in [-0.15, -0.1) is 0 Å². The van der Waals surface area contributed by atoms with Gasteiger partial charge in [0.05, 0.1) is 0 Å². The van der Waals surface area contributed by atoms with Crippen molar-refractivity contribution >= 4 is 12.1 Å². The number of hydrogen-bond acceptors (Lipinski definition) is 2. The van der Waals surface area contributed by atoms with Crippen molar-refractivity contribution in [3.63, 3.8) is 0 Å². The average Bonchev–Trinajstić information content (AvgIpc) is 2.72. The molecule has 4 fully saturated rings. The summed E-state index contributed by atoms with van der Waals surface area (Å²) in [5.74, 6) is 2.82. The lowest BCUT2D eigenvalue weighted by atomic mass is 9.34. The van der Waals surface area contributed by atoms with Gasteiger partial charge in [0.1, 0.15) is 12.1 Å². The molecular formula is C29H44O2. The molecular weight excluding hydrogens is 380 g/mol. The predicted molar refractivity (Wildman–Crippen MR) is 125 cm³/mol. The molecule has 0 saturated heterocycles. The van der Waals surface area contributed by atoms with Crippen molar-refractivity contribution in [2.24, 2.45) is 50.7 Å². The number of rotatable bonds is 1. The van der Waals surface area contributed by atoms with E-state index in [1.54, 1.807) is 5.57 Å². The molecule has 5 aliphatic carbocycles. The van der Waals surface area contributed by atoms with Crippen LogP contribution in [0.4, 0.5) is 0 Å². The monoisotopic (exact) mass is 424 g/mol. The first-order valence-electron chi connectivity index (χ1n) is 13.1. The fourth-order valence-corrected chi connectivity index (χ4v) is 10.2. The second-order valence-corrected chi connectivity index (χ2v) is 13.7. The quantitative estimate of drug-likeness (QED) is 0.330. The van der Waals surface area contributed by atoms with Crippen molar-refractivity contribution < 1.29 is 9.59 Å². The summed E-state index contributed by atoms with van der Waals surface area (Å²) in [6.45, 7) is 14.6. The lowest BCUT2D eigenvalue weighted by molar-refractivity contribution is -0.183.